The molecule has 2 N–H and O–H groups in total. The normalized spacial score (nSPS) is 18.2. The quantitative estimate of drug-likeness (QED) is 0.843. The molecule has 0 radical (unpaired) electrons. The van der Waals surface area contributed by atoms with Crippen molar-refractivity contribution >= 4 is 29.0 Å². The van der Waals surface area contributed by atoms with Crippen LogP contribution < -0.4 is 5.32 Å². The van der Waals surface area contributed by atoms with Gasteiger partial charge in [-0.2, -0.15) is 11.8 Å². The van der Waals surface area contributed by atoms with E-state index in [1.54, 1.807) is 0 Å². The SMILES string of the molecule is Cc1cc(C(=O)NCC2CCCCS2)sc1C#CCO. The van der Waals surface area contributed by atoms with E-state index < -0.39 is 0 Å². The summed E-state index contributed by atoms with van der Waals surface area (Å²) in [6.07, 6.45) is 3.76. The highest BCUT2D eigenvalue weighted by Gasteiger charge is 2.16. The molecule has 1 aliphatic heterocycles. The minimum atomic E-state index is -0.155. The van der Waals surface area contributed by atoms with Crippen molar-refractivity contribution in [3.63, 3.8) is 0 Å². The van der Waals surface area contributed by atoms with E-state index in [4.69, 9.17) is 5.11 Å². The molecule has 2 rings (SSSR count). The van der Waals surface area contributed by atoms with E-state index in [9.17, 15) is 4.79 Å². The topological polar surface area (TPSA) is 49.3 Å². The second-order valence-electron chi connectivity index (χ2n) is 4.78. The lowest BCUT2D eigenvalue weighted by atomic mass is 10.2. The minimum absolute atomic E-state index is 0.0127. The lowest BCUT2D eigenvalue weighted by Crippen LogP contribution is -2.31. The van der Waals surface area contributed by atoms with Gasteiger partial charge < -0.3 is 10.4 Å². The molecule has 1 aromatic heterocycles. The Morgan fingerprint density at radius 3 is 3.10 bits per heavy atom. The first kappa shape index (κ1) is 15.4. The maximum atomic E-state index is 12.1. The molecule has 2 heterocycles. The second-order valence-corrected chi connectivity index (χ2v) is 7.24. The van der Waals surface area contributed by atoms with Gasteiger partial charge in [0.1, 0.15) is 6.61 Å². The Morgan fingerprint density at radius 1 is 1.55 bits per heavy atom. The number of hydrogen-bond acceptors (Lipinski definition) is 4. The lowest BCUT2D eigenvalue weighted by Gasteiger charge is -2.21. The van der Waals surface area contributed by atoms with Crippen LogP contribution in [0.1, 0.15) is 39.4 Å². The molecule has 0 bridgehead atoms. The van der Waals surface area contributed by atoms with E-state index in [1.807, 2.05) is 24.8 Å². The third kappa shape index (κ3) is 4.27. The van der Waals surface area contributed by atoms with E-state index in [1.165, 1.54) is 36.4 Å². The summed E-state index contributed by atoms with van der Waals surface area (Å²) in [5.74, 6) is 6.70. The number of hydrogen-bond donors (Lipinski definition) is 2. The van der Waals surface area contributed by atoms with E-state index in [2.05, 4.69) is 17.2 Å². The predicted octanol–water partition coefficient (Wildman–Crippen LogP) is 2.42. The van der Waals surface area contributed by atoms with E-state index in [0.29, 0.717) is 10.1 Å². The molecule has 5 heteroatoms. The monoisotopic (exact) mass is 309 g/mol. The van der Waals surface area contributed by atoms with Crippen LogP contribution >= 0.6 is 23.1 Å². The average molecular weight is 309 g/mol. The highest BCUT2D eigenvalue weighted by atomic mass is 32.2. The number of rotatable bonds is 3. The number of nitrogens with one attached hydrogen (secondary N) is 1. The van der Waals surface area contributed by atoms with Crippen molar-refractivity contribution < 1.29 is 9.90 Å². The van der Waals surface area contributed by atoms with E-state index in [0.717, 1.165) is 17.0 Å². The number of thioether (sulfide) groups is 1. The standard InChI is InChI=1S/C15H19NO2S2/c1-11-9-14(20-13(11)6-4-7-17)15(18)16-10-12-5-2-3-8-19-12/h9,12,17H,2-3,5,7-8,10H2,1H3,(H,16,18). The fourth-order valence-electron chi connectivity index (χ4n) is 2.10. The minimum Gasteiger partial charge on any atom is -0.384 e. The van der Waals surface area contributed by atoms with Crippen LogP contribution in [0.4, 0.5) is 0 Å². The molecular weight excluding hydrogens is 290 g/mol. The number of aliphatic hydroxyl groups is 1. The molecule has 0 aromatic carbocycles. The molecule has 1 atom stereocenters. The number of thiophene rings is 1. The molecule has 1 aromatic rings. The number of carbonyl (C=O) groups is 1. The largest absolute Gasteiger partial charge is 0.384 e. The zero-order chi connectivity index (χ0) is 14.4. The van der Waals surface area contributed by atoms with Crippen molar-refractivity contribution in [2.45, 2.75) is 31.4 Å². The van der Waals surface area contributed by atoms with Crippen LogP contribution in [-0.2, 0) is 0 Å². The van der Waals surface area contributed by atoms with Crippen molar-refractivity contribution in [3.05, 3.63) is 21.4 Å². The maximum Gasteiger partial charge on any atom is 0.261 e. The molecule has 1 saturated heterocycles. The molecule has 20 heavy (non-hydrogen) atoms. The Morgan fingerprint density at radius 2 is 2.40 bits per heavy atom. The molecule has 0 spiro atoms. The summed E-state index contributed by atoms with van der Waals surface area (Å²) in [6, 6.07) is 1.87. The average Bonchev–Trinajstić information content (AvgIpc) is 2.85. The van der Waals surface area contributed by atoms with E-state index in [-0.39, 0.29) is 12.5 Å². The number of aliphatic hydroxyl groups excluding tert-OH is 1. The fraction of sp³-hybridized carbons (Fsp3) is 0.533. The summed E-state index contributed by atoms with van der Waals surface area (Å²) in [6.45, 7) is 2.53. The van der Waals surface area contributed by atoms with Crippen LogP contribution in [0.2, 0.25) is 0 Å². The van der Waals surface area contributed by atoms with E-state index >= 15 is 0 Å². The first-order valence-corrected chi connectivity index (χ1v) is 8.67. The highest BCUT2D eigenvalue weighted by Crippen LogP contribution is 2.25. The molecule has 0 saturated carbocycles. The summed E-state index contributed by atoms with van der Waals surface area (Å²) in [5.41, 5.74) is 0.994. The summed E-state index contributed by atoms with van der Waals surface area (Å²) in [4.78, 5) is 13.7. The van der Waals surface area contributed by atoms with Crippen LogP contribution in [0.5, 0.6) is 0 Å². The number of amides is 1. The Balaban J connectivity index is 1.91. The van der Waals surface area contributed by atoms with Gasteiger partial charge >= 0.3 is 0 Å². The zero-order valence-corrected chi connectivity index (χ0v) is 13.2. The lowest BCUT2D eigenvalue weighted by molar-refractivity contribution is 0.0957. The summed E-state index contributed by atoms with van der Waals surface area (Å²) < 4.78 is 0. The summed E-state index contributed by atoms with van der Waals surface area (Å²) >= 11 is 3.35. The van der Waals surface area contributed by atoms with Crippen LogP contribution in [0.25, 0.3) is 0 Å². The van der Waals surface area contributed by atoms with Gasteiger partial charge in [0.2, 0.25) is 0 Å². The Labute approximate surface area is 128 Å². The zero-order valence-electron chi connectivity index (χ0n) is 11.6. The van der Waals surface area contributed by atoms with Gasteiger partial charge in [0.05, 0.1) is 9.75 Å². The molecule has 1 fully saturated rings. The molecule has 1 aliphatic rings. The van der Waals surface area contributed by atoms with Gasteiger partial charge in [0, 0.05) is 11.8 Å². The van der Waals surface area contributed by atoms with Gasteiger partial charge in [-0.1, -0.05) is 18.3 Å². The van der Waals surface area contributed by atoms with Crippen molar-refractivity contribution in [3.8, 4) is 11.8 Å². The van der Waals surface area contributed by atoms with Gasteiger partial charge in [-0.15, -0.1) is 11.3 Å². The molecule has 1 unspecified atom stereocenters. The van der Waals surface area contributed by atoms with Gasteiger partial charge in [-0.05, 0) is 37.1 Å². The third-order valence-corrected chi connectivity index (χ3v) is 5.74. The van der Waals surface area contributed by atoms with Crippen LogP contribution in [0, 0.1) is 18.8 Å². The van der Waals surface area contributed by atoms with Gasteiger partial charge in [0.25, 0.3) is 5.91 Å². The molecular formula is C15H19NO2S2. The number of carbonyl (C=O) groups excluding carboxylic acids is 1. The van der Waals surface area contributed by atoms with Crippen molar-refractivity contribution in [2.24, 2.45) is 0 Å². The first-order valence-electron chi connectivity index (χ1n) is 6.80. The predicted molar refractivity (Wildman–Crippen MR) is 85.5 cm³/mol. The maximum absolute atomic E-state index is 12.1. The molecule has 0 aliphatic carbocycles. The molecule has 3 nitrogen and oxygen atoms in total. The third-order valence-electron chi connectivity index (χ3n) is 3.19. The second kappa shape index (κ2) is 7.72. The fourth-order valence-corrected chi connectivity index (χ4v) is 4.30. The van der Waals surface area contributed by atoms with Crippen LogP contribution in [0.15, 0.2) is 6.07 Å². The number of aryl methyl sites for hydroxylation is 1. The van der Waals surface area contributed by atoms with Crippen LogP contribution in [0.3, 0.4) is 0 Å². The molecule has 108 valence electrons. The van der Waals surface area contributed by atoms with Crippen molar-refractivity contribution in [2.75, 3.05) is 18.9 Å². The Bertz CT molecular complexity index is 522. The van der Waals surface area contributed by atoms with Crippen molar-refractivity contribution in [1.29, 1.82) is 0 Å². The Kier molecular flexibility index (Phi) is 5.96. The van der Waals surface area contributed by atoms with Gasteiger partial charge in [0.15, 0.2) is 0 Å². The molecule has 1 amide bonds. The van der Waals surface area contributed by atoms with Gasteiger partial charge in [-0.3, -0.25) is 4.79 Å². The van der Waals surface area contributed by atoms with Crippen LogP contribution in [-0.4, -0.2) is 35.2 Å². The first-order chi connectivity index (χ1) is 9.70. The van der Waals surface area contributed by atoms with Crippen molar-refractivity contribution in [1.82, 2.24) is 5.32 Å². The summed E-state index contributed by atoms with van der Waals surface area (Å²) in [7, 11) is 0. The Hall–Kier alpha value is -0.960. The highest BCUT2D eigenvalue weighted by molar-refractivity contribution is 7.99. The van der Waals surface area contributed by atoms with Gasteiger partial charge in [-0.25, -0.2) is 0 Å². The smallest absolute Gasteiger partial charge is 0.261 e. The summed E-state index contributed by atoms with van der Waals surface area (Å²) in [5, 5.41) is 12.3.